The Kier molecular flexibility index (Phi) is 5.38. The van der Waals surface area contributed by atoms with Crippen molar-refractivity contribution in [1.29, 1.82) is 0 Å². The lowest BCUT2D eigenvalue weighted by Crippen LogP contribution is -2.21. The Balaban J connectivity index is 0.00000196. The van der Waals surface area contributed by atoms with Crippen molar-refractivity contribution >= 4 is 44.8 Å². The molecule has 5 nitrogen and oxygen atoms in total. The first-order valence-corrected chi connectivity index (χ1v) is 6.85. The fourth-order valence-electron chi connectivity index (χ4n) is 0.716. The monoisotopic (exact) mass is 291 g/mol. The van der Waals surface area contributed by atoms with E-state index in [1.165, 1.54) is 26.2 Å². The highest BCUT2D eigenvalue weighted by Gasteiger charge is 2.20. The molecule has 0 aliphatic heterocycles. The normalized spacial score (nSPS) is 13.6. The van der Waals surface area contributed by atoms with E-state index in [1.54, 1.807) is 0 Å². The molecule has 1 rings (SSSR count). The van der Waals surface area contributed by atoms with Crippen LogP contribution < -0.4 is 0 Å². The Morgan fingerprint density at radius 2 is 1.93 bits per heavy atom. The molecule has 0 spiro atoms. The van der Waals surface area contributed by atoms with Gasteiger partial charge in [-0.25, -0.2) is 16.9 Å². The van der Waals surface area contributed by atoms with Crippen molar-refractivity contribution in [2.45, 2.75) is 8.42 Å². The molecule has 1 aromatic heterocycles. The van der Waals surface area contributed by atoms with E-state index in [9.17, 15) is 12.6 Å². The number of thiophene rings is 1. The molecule has 9 heteroatoms. The van der Waals surface area contributed by atoms with Gasteiger partial charge < -0.3 is 4.55 Å². The van der Waals surface area contributed by atoms with Crippen molar-refractivity contribution in [1.82, 2.24) is 4.31 Å². The number of sulfonamides is 1. The first kappa shape index (κ1) is 15.0. The molecule has 0 saturated heterocycles. The van der Waals surface area contributed by atoms with Crippen LogP contribution in [0, 0.1) is 0 Å². The van der Waals surface area contributed by atoms with Gasteiger partial charge in [-0.2, -0.15) is 0 Å². The van der Waals surface area contributed by atoms with Gasteiger partial charge in [0.25, 0.3) is 10.0 Å². The summed E-state index contributed by atoms with van der Waals surface area (Å²) in [5.74, 6) is 0. The average Bonchev–Trinajstić information content (AvgIpc) is 2.51. The lowest BCUT2D eigenvalue weighted by Gasteiger charge is -2.07. The second-order valence-corrected chi connectivity index (χ2v) is 7.27. The van der Waals surface area contributed by atoms with Gasteiger partial charge in [-0.05, 0) is 12.1 Å². The molecule has 88 valence electrons. The van der Waals surface area contributed by atoms with E-state index in [0.29, 0.717) is 0 Å². The molecule has 1 heterocycles. The highest BCUT2D eigenvalue weighted by molar-refractivity contribution is 7.91. The third-order valence-electron chi connectivity index (χ3n) is 1.46. The summed E-state index contributed by atoms with van der Waals surface area (Å²) in [4.78, 5) is 0. The molecule has 1 N–H and O–H groups in total. The Morgan fingerprint density at radius 1 is 1.40 bits per heavy atom. The average molecular weight is 292 g/mol. The fraction of sp³-hybridized carbons (Fsp3) is 0.333. The number of nitrogens with zero attached hydrogens (tertiary/aromatic N) is 1. The largest absolute Gasteiger partial charge is 0.302 e. The molecule has 0 amide bonds. The van der Waals surface area contributed by atoms with E-state index in [1.807, 2.05) is 0 Å². The quantitative estimate of drug-likeness (QED) is 0.843. The van der Waals surface area contributed by atoms with Crippen LogP contribution >= 0.6 is 23.7 Å². The van der Waals surface area contributed by atoms with Gasteiger partial charge in [0.15, 0.2) is 11.1 Å². The molecule has 0 aliphatic rings. The summed E-state index contributed by atoms with van der Waals surface area (Å²) in [6.45, 7) is 0. The minimum absolute atomic E-state index is 0. The van der Waals surface area contributed by atoms with Crippen molar-refractivity contribution in [3.05, 3.63) is 12.1 Å². The van der Waals surface area contributed by atoms with Crippen LogP contribution in [0.5, 0.6) is 0 Å². The lowest BCUT2D eigenvalue weighted by molar-refractivity contribution is 0.523. The third kappa shape index (κ3) is 3.23. The van der Waals surface area contributed by atoms with Gasteiger partial charge >= 0.3 is 0 Å². The molecule has 1 unspecified atom stereocenters. The first-order valence-electron chi connectivity index (χ1n) is 3.49. The summed E-state index contributed by atoms with van der Waals surface area (Å²) in [7, 11) is -0.669. The van der Waals surface area contributed by atoms with E-state index < -0.39 is 21.1 Å². The second kappa shape index (κ2) is 5.37. The van der Waals surface area contributed by atoms with Crippen LogP contribution in [0.3, 0.4) is 0 Å². The van der Waals surface area contributed by atoms with E-state index in [-0.39, 0.29) is 20.8 Å². The first-order chi connectivity index (χ1) is 6.35. The van der Waals surface area contributed by atoms with Gasteiger partial charge in [0.2, 0.25) is 0 Å². The Hall–Kier alpha value is 0.01000. The smallest absolute Gasteiger partial charge is 0.252 e. The molecule has 0 radical (unpaired) electrons. The highest BCUT2D eigenvalue weighted by atomic mass is 35.5. The van der Waals surface area contributed by atoms with Crippen molar-refractivity contribution in [3.8, 4) is 0 Å². The van der Waals surface area contributed by atoms with Crippen LogP contribution in [0.1, 0.15) is 0 Å². The van der Waals surface area contributed by atoms with Gasteiger partial charge in [-0.3, -0.25) is 0 Å². The number of hydrogen-bond donors (Lipinski definition) is 1. The summed E-state index contributed by atoms with van der Waals surface area (Å²) >= 11 is -1.32. The third-order valence-corrected chi connectivity index (χ3v) is 5.78. The van der Waals surface area contributed by atoms with Crippen LogP contribution in [0.2, 0.25) is 0 Å². The topological polar surface area (TPSA) is 74.7 Å². The van der Waals surface area contributed by atoms with E-state index >= 15 is 0 Å². The molecule has 15 heavy (non-hydrogen) atoms. The van der Waals surface area contributed by atoms with Gasteiger partial charge in [-0.1, -0.05) is 0 Å². The molecular weight excluding hydrogens is 282 g/mol. The maximum absolute atomic E-state index is 11.5. The van der Waals surface area contributed by atoms with Gasteiger partial charge in [0.1, 0.15) is 8.42 Å². The predicted octanol–water partition coefficient (Wildman–Crippen LogP) is 1.00. The van der Waals surface area contributed by atoms with Gasteiger partial charge in [0, 0.05) is 14.1 Å². The molecule has 0 fully saturated rings. The van der Waals surface area contributed by atoms with E-state index in [4.69, 9.17) is 4.55 Å². The Morgan fingerprint density at radius 3 is 2.27 bits per heavy atom. The zero-order valence-corrected chi connectivity index (χ0v) is 11.2. The Bertz CT molecular complexity index is 453. The lowest BCUT2D eigenvalue weighted by atomic mass is 10.7. The number of rotatable bonds is 3. The van der Waals surface area contributed by atoms with Gasteiger partial charge in [0.05, 0.1) is 0 Å². The second-order valence-electron chi connectivity index (χ2n) is 2.61. The summed E-state index contributed by atoms with van der Waals surface area (Å²) < 4.78 is 43.6. The number of halogens is 1. The Labute approximate surface area is 101 Å². The molecule has 0 aliphatic carbocycles. The zero-order valence-electron chi connectivity index (χ0n) is 7.91. The molecule has 0 aromatic carbocycles. The van der Waals surface area contributed by atoms with Crippen molar-refractivity contribution in [3.63, 3.8) is 0 Å². The van der Waals surface area contributed by atoms with Crippen LogP contribution in [-0.2, 0) is 21.1 Å². The molecule has 1 aromatic rings. The van der Waals surface area contributed by atoms with Crippen LogP contribution in [0.25, 0.3) is 0 Å². The molecular formula is C6H10ClNO4S3. The minimum atomic E-state index is -3.48. The molecule has 0 saturated carbocycles. The SMILES string of the molecule is CN(C)S(=O)(=O)c1ccc(S(=O)O)s1.Cl. The van der Waals surface area contributed by atoms with Crippen molar-refractivity contribution in [2.75, 3.05) is 14.1 Å². The summed E-state index contributed by atoms with van der Waals surface area (Å²) in [6, 6.07) is 2.65. The summed E-state index contributed by atoms with van der Waals surface area (Å²) in [6.07, 6.45) is 0. The predicted molar refractivity (Wildman–Crippen MR) is 61.5 cm³/mol. The van der Waals surface area contributed by atoms with E-state index in [0.717, 1.165) is 15.6 Å². The fourth-order valence-corrected chi connectivity index (χ4v) is 3.82. The van der Waals surface area contributed by atoms with Crippen LogP contribution in [0.15, 0.2) is 20.6 Å². The van der Waals surface area contributed by atoms with Crippen molar-refractivity contribution < 1.29 is 17.2 Å². The standard InChI is InChI=1S/C6H9NO4S3.ClH/c1-7(2)14(10,11)6-4-3-5(12-6)13(8)9;/h3-4H,1-2H3,(H,8,9);1H. The maximum Gasteiger partial charge on any atom is 0.252 e. The maximum atomic E-state index is 11.5. The van der Waals surface area contributed by atoms with Crippen LogP contribution in [-0.4, -0.2) is 35.6 Å². The minimum Gasteiger partial charge on any atom is -0.302 e. The highest BCUT2D eigenvalue weighted by Crippen LogP contribution is 2.25. The summed E-state index contributed by atoms with van der Waals surface area (Å²) in [5.41, 5.74) is 0. The van der Waals surface area contributed by atoms with Crippen molar-refractivity contribution in [2.24, 2.45) is 0 Å². The molecule has 0 bridgehead atoms. The van der Waals surface area contributed by atoms with Crippen LogP contribution in [0.4, 0.5) is 0 Å². The number of hydrogen-bond acceptors (Lipinski definition) is 4. The zero-order chi connectivity index (χ0) is 10.9. The van der Waals surface area contributed by atoms with E-state index in [2.05, 4.69) is 0 Å². The van der Waals surface area contributed by atoms with Gasteiger partial charge in [-0.15, -0.1) is 23.7 Å². The summed E-state index contributed by atoms with van der Waals surface area (Å²) in [5, 5.41) is 0. The molecule has 1 atom stereocenters.